The Morgan fingerprint density at radius 1 is 0.826 bits per heavy atom. The van der Waals surface area contributed by atoms with E-state index >= 15 is 0 Å². The van der Waals surface area contributed by atoms with Gasteiger partial charge in [0.25, 0.3) is 0 Å². The molecule has 0 fully saturated rings. The van der Waals surface area contributed by atoms with Crippen LogP contribution >= 0.6 is 0 Å². The molecule has 0 amide bonds. The van der Waals surface area contributed by atoms with E-state index in [9.17, 15) is 0 Å². The van der Waals surface area contributed by atoms with E-state index in [2.05, 4.69) is 23.2 Å². The van der Waals surface area contributed by atoms with Crippen molar-refractivity contribution in [1.29, 1.82) is 0 Å². The SMILES string of the molecule is COc1ccc(-c2nc([S-])c3ccc4ccccc4c3n2)cc1. The van der Waals surface area contributed by atoms with E-state index < -0.39 is 0 Å². The van der Waals surface area contributed by atoms with Gasteiger partial charge in [0.15, 0.2) is 5.82 Å². The molecule has 3 aromatic carbocycles. The van der Waals surface area contributed by atoms with Gasteiger partial charge in [-0.15, -0.1) is 0 Å². The minimum atomic E-state index is 0.576. The molecule has 4 aromatic rings. The molecule has 0 aliphatic rings. The van der Waals surface area contributed by atoms with Crippen LogP contribution in [0.4, 0.5) is 0 Å². The molecular weight excluding hydrogens is 304 g/mol. The Labute approximate surface area is 139 Å². The number of aromatic nitrogens is 2. The Balaban J connectivity index is 1.99. The van der Waals surface area contributed by atoms with E-state index in [1.165, 1.54) is 0 Å². The van der Waals surface area contributed by atoms with Crippen molar-refractivity contribution in [2.75, 3.05) is 7.11 Å². The fourth-order valence-electron chi connectivity index (χ4n) is 2.70. The number of hydrogen-bond donors (Lipinski definition) is 0. The molecule has 0 saturated carbocycles. The van der Waals surface area contributed by atoms with Crippen molar-refractivity contribution in [2.24, 2.45) is 0 Å². The van der Waals surface area contributed by atoms with Gasteiger partial charge in [-0.2, -0.15) is 0 Å². The molecule has 3 nitrogen and oxygen atoms in total. The minimum Gasteiger partial charge on any atom is -0.759 e. The number of fused-ring (bicyclic) bond motifs is 3. The van der Waals surface area contributed by atoms with Crippen LogP contribution in [0.15, 0.2) is 65.7 Å². The number of hydrogen-bond acceptors (Lipinski definition) is 4. The standard InChI is InChI=1S/C19H14N2OS/c1-22-14-9-6-13(7-10-14)18-20-17-15-5-3-2-4-12(15)8-11-16(17)19(23)21-18/h2-11H,1H3,(H,20,21,23)/p-1. The maximum Gasteiger partial charge on any atom is 0.158 e. The van der Waals surface area contributed by atoms with Gasteiger partial charge >= 0.3 is 0 Å². The lowest BCUT2D eigenvalue weighted by Crippen LogP contribution is -1.95. The molecule has 0 spiro atoms. The number of benzene rings is 3. The summed E-state index contributed by atoms with van der Waals surface area (Å²) < 4.78 is 5.20. The number of methoxy groups -OCH3 is 1. The first kappa shape index (κ1) is 13.9. The summed E-state index contributed by atoms with van der Waals surface area (Å²) >= 11 is 5.48. The molecule has 0 bridgehead atoms. The van der Waals surface area contributed by atoms with E-state index in [1.54, 1.807) is 7.11 Å². The quantitative estimate of drug-likeness (QED) is 0.312. The Hall–Kier alpha value is -2.72. The lowest BCUT2D eigenvalue weighted by atomic mass is 10.1. The van der Waals surface area contributed by atoms with Gasteiger partial charge in [0.1, 0.15) is 5.75 Å². The summed E-state index contributed by atoms with van der Waals surface area (Å²) in [6.07, 6.45) is 0. The van der Waals surface area contributed by atoms with Gasteiger partial charge in [0.05, 0.1) is 12.6 Å². The third-order valence-electron chi connectivity index (χ3n) is 3.90. The monoisotopic (exact) mass is 317 g/mol. The van der Waals surface area contributed by atoms with Crippen molar-refractivity contribution in [3.63, 3.8) is 0 Å². The maximum atomic E-state index is 5.48. The second-order valence-corrected chi connectivity index (χ2v) is 5.65. The molecule has 1 heterocycles. The van der Waals surface area contributed by atoms with E-state index in [1.807, 2.05) is 42.5 Å². The lowest BCUT2D eigenvalue weighted by molar-refractivity contribution is 0.415. The Bertz CT molecular complexity index is 1010. The fraction of sp³-hybridized carbons (Fsp3) is 0.0526. The van der Waals surface area contributed by atoms with E-state index in [-0.39, 0.29) is 0 Å². The van der Waals surface area contributed by atoms with Crippen LogP contribution in [0.1, 0.15) is 0 Å². The molecule has 4 heteroatoms. The summed E-state index contributed by atoms with van der Waals surface area (Å²) in [7, 11) is 1.65. The third-order valence-corrected chi connectivity index (χ3v) is 4.22. The predicted octanol–water partition coefficient (Wildman–Crippen LogP) is 4.36. The van der Waals surface area contributed by atoms with Gasteiger partial charge in [0.2, 0.25) is 0 Å². The second-order valence-electron chi connectivity index (χ2n) is 5.26. The molecule has 0 radical (unpaired) electrons. The Kier molecular flexibility index (Phi) is 3.32. The molecule has 112 valence electrons. The smallest absolute Gasteiger partial charge is 0.158 e. The summed E-state index contributed by atoms with van der Waals surface area (Å²) in [6, 6.07) is 19.9. The summed E-state index contributed by atoms with van der Waals surface area (Å²) in [5, 5.41) is 3.73. The topological polar surface area (TPSA) is 35.0 Å². The highest BCUT2D eigenvalue weighted by atomic mass is 32.1. The lowest BCUT2D eigenvalue weighted by Gasteiger charge is -2.14. The highest BCUT2D eigenvalue weighted by Crippen LogP contribution is 2.28. The van der Waals surface area contributed by atoms with Crippen molar-refractivity contribution in [1.82, 2.24) is 9.97 Å². The van der Waals surface area contributed by atoms with Crippen LogP contribution < -0.4 is 4.74 Å². The normalized spacial score (nSPS) is 11.0. The minimum absolute atomic E-state index is 0.576. The molecule has 0 unspecified atom stereocenters. The third kappa shape index (κ3) is 2.37. The molecule has 0 saturated heterocycles. The summed E-state index contributed by atoms with van der Waals surface area (Å²) in [5.74, 6) is 1.44. The highest BCUT2D eigenvalue weighted by Gasteiger charge is 2.07. The summed E-state index contributed by atoms with van der Waals surface area (Å²) in [5.41, 5.74) is 1.82. The highest BCUT2D eigenvalue weighted by molar-refractivity contribution is 7.59. The van der Waals surface area contributed by atoms with Crippen molar-refractivity contribution in [3.8, 4) is 17.1 Å². The van der Waals surface area contributed by atoms with Gasteiger partial charge < -0.3 is 17.4 Å². The van der Waals surface area contributed by atoms with Gasteiger partial charge in [-0.05, 0) is 35.0 Å². The van der Waals surface area contributed by atoms with Crippen LogP contribution in [-0.4, -0.2) is 17.1 Å². The van der Waals surface area contributed by atoms with Crippen LogP contribution in [0.25, 0.3) is 33.1 Å². The first-order valence-electron chi connectivity index (χ1n) is 7.27. The molecule has 1 aromatic heterocycles. The van der Waals surface area contributed by atoms with Crippen LogP contribution in [0.5, 0.6) is 5.75 Å². The Morgan fingerprint density at radius 3 is 2.39 bits per heavy atom. The van der Waals surface area contributed by atoms with Gasteiger partial charge in [-0.25, -0.2) is 4.98 Å². The van der Waals surface area contributed by atoms with Crippen LogP contribution in [0.2, 0.25) is 0 Å². The zero-order valence-electron chi connectivity index (χ0n) is 12.5. The van der Waals surface area contributed by atoms with Crippen LogP contribution in [0.3, 0.4) is 0 Å². The Morgan fingerprint density at radius 2 is 1.61 bits per heavy atom. The largest absolute Gasteiger partial charge is 0.759 e. The molecule has 0 atom stereocenters. The molecule has 0 N–H and O–H groups in total. The average molecular weight is 317 g/mol. The van der Waals surface area contributed by atoms with Crippen molar-refractivity contribution in [3.05, 3.63) is 60.7 Å². The van der Waals surface area contributed by atoms with E-state index in [4.69, 9.17) is 22.3 Å². The summed E-state index contributed by atoms with van der Waals surface area (Å²) in [6.45, 7) is 0. The van der Waals surface area contributed by atoms with Crippen molar-refractivity contribution < 1.29 is 4.74 Å². The zero-order valence-corrected chi connectivity index (χ0v) is 13.3. The van der Waals surface area contributed by atoms with Crippen LogP contribution in [0, 0.1) is 0 Å². The van der Waals surface area contributed by atoms with Gasteiger partial charge in [-0.1, -0.05) is 41.4 Å². The fourth-order valence-corrected chi connectivity index (χ4v) is 2.96. The molecule has 23 heavy (non-hydrogen) atoms. The average Bonchev–Trinajstić information content (AvgIpc) is 2.61. The van der Waals surface area contributed by atoms with Crippen LogP contribution in [-0.2, 0) is 12.6 Å². The molecule has 0 aliphatic carbocycles. The number of ether oxygens (including phenoxy) is 1. The van der Waals surface area contributed by atoms with E-state index in [0.717, 1.165) is 33.0 Å². The van der Waals surface area contributed by atoms with Crippen molar-refractivity contribution in [2.45, 2.75) is 5.03 Å². The van der Waals surface area contributed by atoms with Crippen molar-refractivity contribution >= 4 is 34.3 Å². The summed E-state index contributed by atoms with van der Waals surface area (Å²) in [4.78, 5) is 9.27. The predicted molar refractivity (Wildman–Crippen MR) is 94.7 cm³/mol. The maximum absolute atomic E-state index is 5.48. The molecule has 4 rings (SSSR count). The molecular formula is C19H13N2OS-. The first-order valence-corrected chi connectivity index (χ1v) is 7.68. The van der Waals surface area contributed by atoms with E-state index in [0.29, 0.717) is 10.9 Å². The molecule has 0 aliphatic heterocycles. The van der Waals surface area contributed by atoms with Gasteiger partial charge in [-0.3, -0.25) is 4.98 Å². The number of nitrogens with zero attached hydrogens (tertiary/aromatic N) is 2. The number of rotatable bonds is 2. The van der Waals surface area contributed by atoms with Gasteiger partial charge in [0, 0.05) is 10.9 Å². The zero-order chi connectivity index (χ0) is 15.8. The second kappa shape index (κ2) is 5.48. The first-order chi connectivity index (χ1) is 11.3.